The van der Waals surface area contributed by atoms with Crippen molar-refractivity contribution in [2.24, 2.45) is 12.8 Å². The van der Waals surface area contributed by atoms with Crippen LogP contribution in [-0.2, 0) is 13.5 Å². The second-order valence-corrected chi connectivity index (χ2v) is 4.79. The molecule has 0 aromatic carbocycles. The van der Waals surface area contributed by atoms with Gasteiger partial charge in [0.15, 0.2) is 0 Å². The molecule has 2 aromatic rings. The van der Waals surface area contributed by atoms with Crippen molar-refractivity contribution in [2.45, 2.75) is 26.3 Å². The van der Waals surface area contributed by atoms with E-state index in [9.17, 15) is 0 Å². The number of rotatable bonds is 4. The standard InChI is InChI=1S/C14H20N4O/c1-9-6-17-12(10(2)14(9)19-4)5-11(15)13-7-16-8-18(13)3/h6-8,11H,5,15H2,1-4H3. The van der Waals surface area contributed by atoms with Crippen LogP contribution in [-0.4, -0.2) is 21.6 Å². The van der Waals surface area contributed by atoms with Crippen LogP contribution in [0.3, 0.4) is 0 Å². The van der Waals surface area contributed by atoms with Crippen molar-refractivity contribution in [1.82, 2.24) is 14.5 Å². The maximum atomic E-state index is 6.23. The molecule has 0 radical (unpaired) electrons. The van der Waals surface area contributed by atoms with Gasteiger partial charge in [-0.25, -0.2) is 4.98 Å². The summed E-state index contributed by atoms with van der Waals surface area (Å²) in [5, 5.41) is 0. The molecule has 0 amide bonds. The first-order valence-corrected chi connectivity index (χ1v) is 6.25. The van der Waals surface area contributed by atoms with E-state index in [1.54, 1.807) is 19.6 Å². The molecule has 0 aliphatic carbocycles. The minimum absolute atomic E-state index is 0.119. The number of methoxy groups -OCH3 is 1. The molecule has 102 valence electrons. The molecule has 2 heterocycles. The van der Waals surface area contributed by atoms with Gasteiger partial charge in [-0.1, -0.05) is 0 Å². The van der Waals surface area contributed by atoms with E-state index in [0.29, 0.717) is 6.42 Å². The quantitative estimate of drug-likeness (QED) is 0.908. The molecular formula is C14H20N4O. The zero-order chi connectivity index (χ0) is 14.0. The first-order valence-electron chi connectivity index (χ1n) is 6.25. The van der Waals surface area contributed by atoms with Crippen LogP contribution >= 0.6 is 0 Å². The van der Waals surface area contributed by atoms with Crippen LogP contribution in [0.4, 0.5) is 0 Å². The van der Waals surface area contributed by atoms with Gasteiger partial charge in [-0.3, -0.25) is 4.98 Å². The predicted molar refractivity (Wildman–Crippen MR) is 74.1 cm³/mol. The summed E-state index contributed by atoms with van der Waals surface area (Å²) >= 11 is 0. The highest BCUT2D eigenvalue weighted by Gasteiger charge is 2.15. The largest absolute Gasteiger partial charge is 0.496 e. The van der Waals surface area contributed by atoms with Gasteiger partial charge >= 0.3 is 0 Å². The Morgan fingerprint density at radius 2 is 2.11 bits per heavy atom. The van der Waals surface area contributed by atoms with Gasteiger partial charge in [0.2, 0.25) is 0 Å². The van der Waals surface area contributed by atoms with Gasteiger partial charge in [0, 0.05) is 42.7 Å². The number of ether oxygens (including phenoxy) is 1. The Kier molecular flexibility index (Phi) is 3.85. The summed E-state index contributed by atoms with van der Waals surface area (Å²) in [6, 6.07) is -0.119. The van der Waals surface area contributed by atoms with Crippen molar-refractivity contribution in [1.29, 1.82) is 0 Å². The average molecular weight is 260 g/mol. The minimum Gasteiger partial charge on any atom is -0.496 e. The zero-order valence-corrected chi connectivity index (χ0v) is 11.8. The van der Waals surface area contributed by atoms with Crippen LogP contribution in [0, 0.1) is 13.8 Å². The zero-order valence-electron chi connectivity index (χ0n) is 11.8. The van der Waals surface area contributed by atoms with E-state index < -0.39 is 0 Å². The van der Waals surface area contributed by atoms with Crippen molar-refractivity contribution in [2.75, 3.05) is 7.11 Å². The lowest BCUT2D eigenvalue weighted by molar-refractivity contribution is 0.406. The number of aromatic nitrogens is 3. The molecule has 0 fully saturated rings. The van der Waals surface area contributed by atoms with E-state index in [1.807, 2.05) is 31.7 Å². The Hall–Kier alpha value is -1.88. The van der Waals surface area contributed by atoms with Crippen LogP contribution < -0.4 is 10.5 Å². The van der Waals surface area contributed by atoms with Crippen molar-refractivity contribution in [3.05, 3.63) is 41.2 Å². The topological polar surface area (TPSA) is 66.0 Å². The Morgan fingerprint density at radius 1 is 1.37 bits per heavy atom. The van der Waals surface area contributed by atoms with Crippen LogP contribution in [0.1, 0.15) is 28.6 Å². The maximum absolute atomic E-state index is 6.23. The molecule has 2 N–H and O–H groups in total. The highest BCUT2D eigenvalue weighted by atomic mass is 16.5. The Morgan fingerprint density at radius 3 is 2.68 bits per heavy atom. The second kappa shape index (κ2) is 5.40. The van der Waals surface area contributed by atoms with Gasteiger partial charge in [-0.05, 0) is 13.8 Å². The van der Waals surface area contributed by atoms with Gasteiger partial charge in [-0.2, -0.15) is 0 Å². The molecule has 0 aliphatic heterocycles. The number of pyridine rings is 1. The Balaban J connectivity index is 2.27. The van der Waals surface area contributed by atoms with Gasteiger partial charge in [-0.15, -0.1) is 0 Å². The van der Waals surface area contributed by atoms with E-state index >= 15 is 0 Å². The number of hydrogen-bond donors (Lipinski definition) is 1. The van der Waals surface area contributed by atoms with Crippen molar-refractivity contribution < 1.29 is 4.74 Å². The number of aryl methyl sites for hydroxylation is 2. The highest BCUT2D eigenvalue weighted by Crippen LogP contribution is 2.26. The van der Waals surface area contributed by atoms with E-state index in [2.05, 4.69) is 9.97 Å². The summed E-state index contributed by atoms with van der Waals surface area (Å²) in [4.78, 5) is 8.57. The van der Waals surface area contributed by atoms with Gasteiger partial charge in [0.25, 0.3) is 0 Å². The first-order chi connectivity index (χ1) is 9.04. The van der Waals surface area contributed by atoms with Crippen molar-refractivity contribution >= 4 is 0 Å². The fourth-order valence-corrected chi connectivity index (χ4v) is 2.31. The molecule has 0 saturated carbocycles. The fourth-order valence-electron chi connectivity index (χ4n) is 2.31. The highest BCUT2D eigenvalue weighted by molar-refractivity contribution is 5.41. The van der Waals surface area contributed by atoms with E-state index in [0.717, 1.165) is 28.3 Å². The summed E-state index contributed by atoms with van der Waals surface area (Å²) in [5.74, 6) is 0.891. The lowest BCUT2D eigenvalue weighted by atomic mass is 10.0. The van der Waals surface area contributed by atoms with Crippen LogP contribution in [0.2, 0.25) is 0 Å². The van der Waals surface area contributed by atoms with Crippen LogP contribution in [0.25, 0.3) is 0 Å². The van der Waals surface area contributed by atoms with Crippen LogP contribution in [0.5, 0.6) is 5.75 Å². The molecule has 1 atom stereocenters. The minimum atomic E-state index is -0.119. The molecule has 2 rings (SSSR count). The molecule has 5 nitrogen and oxygen atoms in total. The maximum Gasteiger partial charge on any atom is 0.128 e. The van der Waals surface area contributed by atoms with Crippen LogP contribution in [0.15, 0.2) is 18.7 Å². The molecule has 2 aromatic heterocycles. The Bertz CT molecular complexity index is 577. The lowest BCUT2D eigenvalue weighted by Crippen LogP contribution is -2.18. The number of nitrogens with zero attached hydrogens (tertiary/aromatic N) is 3. The predicted octanol–water partition coefficient (Wildman–Crippen LogP) is 1.68. The molecule has 19 heavy (non-hydrogen) atoms. The summed E-state index contributed by atoms with van der Waals surface area (Å²) in [7, 11) is 3.62. The smallest absolute Gasteiger partial charge is 0.128 e. The molecule has 0 aliphatic rings. The van der Waals surface area contributed by atoms with Crippen molar-refractivity contribution in [3.8, 4) is 5.75 Å². The number of hydrogen-bond acceptors (Lipinski definition) is 4. The lowest BCUT2D eigenvalue weighted by Gasteiger charge is -2.16. The molecule has 0 bridgehead atoms. The molecule has 5 heteroatoms. The van der Waals surface area contributed by atoms with E-state index in [1.165, 1.54) is 0 Å². The van der Waals surface area contributed by atoms with Gasteiger partial charge < -0.3 is 15.0 Å². The van der Waals surface area contributed by atoms with E-state index in [-0.39, 0.29) is 6.04 Å². The fraction of sp³-hybridized carbons (Fsp3) is 0.429. The molecule has 0 saturated heterocycles. The molecule has 1 unspecified atom stereocenters. The van der Waals surface area contributed by atoms with Crippen molar-refractivity contribution in [3.63, 3.8) is 0 Å². The SMILES string of the molecule is COc1c(C)cnc(CC(N)c2cncn2C)c1C. The normalized spacial score (nSPS) is 12.5. The summed E-state index contributed by atoms with van der Waals surface area (Å²) in [6.07, 6.45) is 6.05. The third-order valence-corrected chi connectivity index (χ3v) is 3.40. The third-order valence-electron chi connectivity index (χ3n) is 3.40. The van der Waals surface area contributed by atoms with E-state index in [4.69, 9.17) is 10.5 Å². The third kappa shape index (κ3) is 2.61. The molecule has 0 spiro atoms. The first kappa shape index (κ1) is 13.5. The average Bonchev–Trinajstić information content (AvgIpc) is 2.80. The molecular weight excluding hydrogens is 240 g/mol. The Labute approximate surface area is 113 Å². The van der Waals surface area contributed by atoms with Gasteiger partial charge in [0.1, 0.15) is 5.75 Å². The summed E-state index contributed by atoms with van der Waals surface area (Å²) < 4.78 is 7.35. The number of imidazole rings is 1. The summed E-state index contributed by atoms with van der Waals surface area (Å²) in [5.41, 5.74) is 10.3. The van der Waals surface area contributed by atoms with Gasteiger partial charge in [0.05, 0.1) is 25.2 Å². The monoisotopic (exact) mass is 260 g/mol. The number of nitrogens with two attached hydrogens (primary N) is 1. The summed E-state index contributed by atoms with van der Waals surface area (Å²) in [6.45, 7) is 4.01. The second-order valence-electron chi connectivity index (χ2n) is 4.79.